The third-order valence-corrected chi connectivity index (χ3v) is 2.44. The monoisotopic (exact) mass is 291 g/mol. The minimum absolute atomic E-state index is 0.0954. The van der Waals surface area contributed by atoms with E-state index in [1.807, 2.05) is 6.07 Å². The van der Waals surface area contributed by atoms with Crippen LogP contribution in [0.25, 0.3) is 0 Å². The van der Waals surface area contributed by atoms with Crippen LogP contribution in [0.15, 0.2) is 24.3 Å². The van der Waals surface area contributed by atoms with Gasteiger partial charge in [0.05, 0.1) is 17.7 Å². The quantitative estimate of drug-likeness (QED) is 0.769. The second kappa shape index (κ2) is 7.50. The molecule has 1 rings (SSSR count). The van der Waals surface area contributed by atoms with E-state index in [0.717, 1.165) is 5.69 Å². The largest absolute Gasteiger partial charge is 0.444 e. The number of nitrogens with one attached hydrogen (secondary N) is 2. The molecule has 21 heavy (non-hydrogen) atoms. The molecule has 0 radical (unpaired) electrons. The molecule has 1 amide bonds. The fraction of sp³-hybridized carbons (Fsp3) is 0.467. The van der Waals surface area contributed by atoms with E-state index >= 15 is 0 Å². The number of aliphatic hydroxyl groups is 1. The molecule has 0 fully saturated rings. The molecule has 0 heterocycles. The summed E-state index contributed by atoms with van der Waals surface area (Å²) in [7, 11) is 0. The summed E-state index contributed by atoms with van der Waals surface area (Å²) in [5.41, 5.74) is 0.813. The maximum Gasteiger partial charge on any atom is 0.407 e. The third-order valence-electron chi connectivity index (χ3n) is 2.44. The van der Waals surface area contributed by atoms with Crippen LogP contribution in [-0.4, -0.2) is 36.0 Å². The normalized spacial score (nSPS) is 12.1. The van der Waals surface area contributed by atoms with Gasteiger partial charge in [0.1, 0.15) is 5.60 Å². The fourth-order valence-electron chi connectivity index (χ4n) is 1.49. The molecule has 1 aromatic rings. The predicted molar refractivity (Wildman–Crippen MR) is 79.9 cm³/mol. The van der Waals surface area contributed by atoms with Crippen molar-refractivity contribution in [3.63, 3.8) is 0 Å². The number of aliphatic hydroxyl groups excluding tert-OH is 1. The molecule has 6 heteroatoms. The Labute approximate surface area is 124 Å². The van der Waals surface area contributed by atoms with Crippen molar-refractivity contribution in [1.29, 1.82) is 5.26 Å². The number of rotatable bonds is 5. The van der Waals surface area contributed by atoms with Gasteiger partial charge in [-0.25, -0.2) is 4.79 Å². The Morgan fingerprint density at radius 2 is 1.95 bits per heavy atom. The standard InChI is InChI=1S/C15H21N3O3/c1-15(2,3)21-14(20)18-10-13(19)9-17-12-6-4-11(8-16)5-7-12/h4-7,13,17,19H,9-10H2,1-3H3,(H,18,20)/t13-/m0/s1. The van der Waals surface area contributed by atoms with Crippen LogP contribution in [0.3, 0.4) is 0 Å². The van der Waals surface area contributed by atoms with Crippen LogP contribution in [0.4, 0.5) is 10.5 Å². The lowest BCUT2D eigenvalue weighted by Crippen LogP contribution is -2.39. The summed E-state index contributed by atoms with van der Waals surface area (Å²) in [4.78, 5) is 11.4. The maximum absolute atomic E-state index is 11.4. The molecule has 6 nitrogen and oxygen atoms in total. The number of nitriles is 1. The minimum atomic E-state index is -0.742. The number of amides is 1. The topological polar surface area (TPSA) is 94.4 Å². The Bertz CT molecular complexity index is 500. The van der Waals surface area contributed by atoms with E-state index in [0.29, 0.717) is 5.56 Å². The van der Waals surface area contributed by atoms with E-state index < -0.39 is 17.8 Å². The molecular weight excluding hydrogens is 270 g/mol. The molecule has 0 aliphatic carbocycles. The Morgan fingerprint density at radius 1 is 1.33 bits per heavy atom. The second-order valence-corrected chi connectivity index (χ2v) is 5.61. The van der Waals surface area contributed by atoms with Gasteiger partial charge in [-0.1, -0.05) is 0 Å². The van der Waals surface area contributed by atoms with E-state index in [2.05, 4.69) is 10.6 Å². The summed E-state index contributed by atoms with van der Waals surface area (Å²) < 4.78 is 5.06. The minimum Gasteiger partial charge on any atom is -0.444 e. The van der Waals surface area contributed by atoms with Gasteiger partial charge >= 0.3 is 6.09 Å². The van der Waals surface area contributed by atoms with Gasteiger partial charge in [-0.2, -0.15) is 5.26 Å². The highest BCUT2D eigenvalue weighted by molar-refractivity contribution is 5.67. The Balaban J connectivity index is 2.29. The Morgan fingerprint density at radius 3 is 2.48 bits per heavy atom. The number of carbonyl (C=O) groups excluding carboxylic acids is 1. The number of nitrogens with zero attached hydrogens (tertiary/aromatic N) is 1. The summed E-state index contributed by atoms with van der Waals surface area (Å²) in [6.07, 6.45) is -1.30. The lowest BCUT2D eigenvalue weighted by atomic mass is 10.2. The summed E-state index contributed by atoms with van der Waals surface area (Å²) in [5.74, 6) is 0. The Hall–Kier alpha value is -2.26. The van der Waals surface area contributed by atoms with Gasteiger partial charge in [0.15, 0.2) is 0 Å². The van der Waals surface area contributed by atoms with Crippen molar-refractivity contribution in [1.82, 2.24) is 5.32 Å². The van der Waals surface area contributed by atoms with Gasteiger partial charge in [0, 0.05) is 18.8 Å². The first-order valence-corrected chi connectivity index (χ1v) is 6.69. The van der Waals surface area contributed by atoms with Gasteiger partial charge in [-0.3, -0.25) is 0 Å². The van der Waals surface area contributed by atoms with Crippen LogP contribution in [0, 0.1) is 11.3 Å². The van der Waals surface area contributed by atoms with Gasteiger partial charge in [-0.15, -0.1) is 0 Å². The van der Waals surface area contributed by atoms with Crippen molar-refractivity contribution in [3.05, 3.63) is 29.8 Å². The van der Waals surface area contributed by atoms with Gasteiger partial charge in [0.2, 0.25) is 0 Å². The van der Waals surface area contributed by atoms with Crippen molar-refractivity contribution >= 4 is 11.8 Å². The number of benzene rings is 1. The highest BCUT2D eigenvalue weighted by Crippen LogP contribution is 2.09. The van der Waals surface area contributed by atoms with E-state index in [1.54, 1.807) is 45.0 Å². The summed E-state index contributed by atoms with van der Waals surface area (Å²) in [5, 5.41) is 24.0. The molecule has 0 aliphatic rings. The third kappa shape index (κ3) is 7.18. The molecule has 0 bridgehead atoms. The second-order valence-electron chi connectivity index (χ2n) is 5.61. The molecule has 0 spiro atoms. The SMILES string of the molecule is CC(C)(C)OC(=O)NC[C@@H](O)CNc1ccc(C#N)cc1. The molecule has 1 atom stereocenters. The lowest BCUT2D eigenvalue weighted by Gasteiger charge is -2.20. The highest BCUT2D eigenvalue weighted by atomic mass is 16.6. The fourth-order valence-corrected chi connectivity index (χ4v) is 1.49. The first-order chi connectivity index (χ1) is 9.80. The van der Waals surface area contributed by atoms with Crippen molar-refractivity contribution in [2.75, 3.05) is 18.4 Å². The van der Waals surface area contributed by atoms with Crippen molar-refractivity contribution in [2.24, 2.45) is 0 Å². The average molecular weight is 291 g/mol. The number of hydrogen-bond donors (Lipinski definition) is 3. The van der Waals surface area contributed by atoms with E-state index in [-0.39, 0.29) is 13.1 Å². The highest BCUT2D eigenvalue weighted by Gasteiger charge is 2.16. The zero-order valence-corrected chi connectivity index (χ0v) is 12.5. The van der Waals surface area contributed by atoms with Crippen molar-refractivity contribution < 1.29 is 14.6 Å². The van der Waals surface area contributed by atoms with Crippen LogP contribution >= 0.6 is 0 Å². The van der Waals surface area contributed by atoms with Gasteiger partial charge in [-0.05, 0) is 45.0 Å². The molecule has 0 unspecified atom stereocenters. The number of ether oxygens (including phenoxy) is 1. The van der Waals surface area contributed by atoms with Gasteiger partial charge in [0.25, 0.3) is 0 Å². The van der Waals surface area contributed by atoms with Crippen molar-refractivity contribution in [3.8, 4) is 6.07 Å². The predicted octanol–water partition coefficient (Wildman–Crippen LogP) is 1.86. The molecule has 1 aromatic carbocycles. The average Bonchev–Trinajstić information content (AvgIpc) is 2.41. The molecule has 114 valence electrons. The Kier molecular flexibility index (Phi) is 6.00. The number of alkyl carbamates (subject to hydrolysis) is 1. The summed E-state index contributed by atoms with van der Waals surface area (Å²) in [6, 6.07) is 8.92. The van der Waals surface area contributed by atoms with E-state index in [4.69, 9.17) is 10.00 Å². The van der Waals surface area contributed by atoms with Gasteiger partial charge < -0.3 is 20.5 Å². The number of hydrogen-bond acceptors (Lipinski definition) is 5. The van der Waals surface area contributed by atoms with Crippen molar-refractivity contribution in [2.45, 2.75) is 32.5 Å². The molecule has 0 saturated carbocycles. The molecule has 0 aliphatic heterocycles. The smallest absolute Gasteiger partial charge is 0.407 e. The van der Waals surface area contributed by atoms with Crippen LogP contribution < -0.4 is 10.6 Å². The van der Waals surface area contributed by atoms with Crippen LogP contribution in [-0.2, 0) is 4.74 Å². The molecule has 3 N–H and O–H groups in total. The zero-order chi connectivity index (χ0) is 15.9. The number of anilines is 1. The van der Waals surface area contributed by atoms with E-state index in [1.165, 1.54) is 0 Å². The summed E-state index contributed by atoms with van der Waals surface area (Å²) >= 11 is 0. The molecular formula is C15H21N3O3. The number of carbonyl (C=O) groups is 1. The zero-order valence-electron chi connectivity index (χ0n) is 12.5. The maximum atomic E-state index is 11.4. The van der Waals surface area contributed by atoms with E-state index in [9.17, 15) is 9.90 Å². The summed E-state index contributed by atoms with van der Waals surface area (Å²) in [6.45, 7) is 5.69. The molecule has 0 saturated heterocycles. The van der Waals surface area contributed by atoms with Crippen LogP contribution in [0.1, 0.15) is 26.3 Å². The van der Waals surface area contributed by atoms with Crippen LogP contribution in [0.2, 0.25) is 0 Å². The lowest BCUT2D eigenvalue weighted by molar-refractivity contribution is 0.0496. The van der Waals surface area contributed by atoms with Crippen LogP contribution in [0.5, 0.6) is 0 Å². The molecule has 0 aromatic heterocycles. The first-order valence-electron chi connectivity index (χ1n) is 6.69. The first kappa shape index (κ1) is 16.8.